The quantitative estimate of drug-likeness (QED) is 0.750. The van der Waals surface area contributed by atoms with E-state index in [1.54, 1.807) is 30.3 Å². The van der Waals surface area contributed by atoms with E-state index in [0.717, 1.165) is 15.2 Å². The number of carbonyl (C=O) groups excluding carboxylic acids is 1. The lowest BCUT2D eigenvalue weighted by Gasteiger charge is -2.01. The average Bonchev–Trinajstić information content (AvgIpc) is 2.48. The van der Waals surface area contributed by atoms with Crippen LogP contribution in [0.4, 0.5) is 0 Å². The molecule has 0 aromatic heterocycles. The molecule has 112 valence electrons. The first kappa shape index (κ1) is 17.5. The highest BCUT2D eigenvalue weighted by Gasteiger charge is 2.00. The monoisotopic (exact) mass is 416 g/mol. The van der Waals surface area contributed by atoms with E-state index in [1.807, 2.05) is 6.07 Å². The number of carbonyl (C=O) groups is 1. The third kappa shape index (κ3) is 5.40. The van der Waals surface area contributed by atoms with Gasteiger partial charge in [0.1, 0.15) is 5.75 Å². The molecule has 0 unspecified atom stereocenters. The summed E-state index contributed by atoms with van der Waals surface area (Å²) in [4.78, 5) is 10.4. The molecule has 0 heterocycles. The second-order valence-electron chi connectivity index (χ2n) is 3.82. The van der Waals surface area contributed by atoms with Gasteiger partial charge in [0.05, 0.1) is 19.8 Å². The zero-order chi connectivity index (χ0) is 15.8. The van der Waals surface area contributed by atoms with E-state index in [-0.39, 0.29) is 5.75 Å². The maximum atomic E-state index is 10.4. The second kappa shape index (κ2) is 8.69. The van der Waals surface area contributed by atoms with E-state index in [2.05, 4.69) is 31.9 Å². The maximum absolute atomic E-state index is 10.4. The van der Waals surface area contributed by atoms with Gasteiger partial charge in [-0.25, -0.2) is 0 Å². The summed E-state index contributed by atoms with van der Waals surface area (Å²) in [5.41, 5.74) is 0.557. The van der Waals surface area contributed by atoms with Crippen LogP contribution in [0.3, 0.4) is 0 Å². The zero-order valence-electron chi connectivity index (χ0n) is 11.5. The summed E-state index contributed by atoms with van der Waals surface area (Å²) < 4.78 is 11.5. The summed E-state index contributed by atoms with van der Waals surface area (Å²) in [5, 5.41) is 9.14. The van der Waals surface area contributed by atoms with Gasteiger partial charge < -0.3 is 14.6 Å². The van der Waals surface area contributed by atoms with Crippen LogP contribution in [0.15, 0.2) is 45.3 Å². The van der Waals surface area contributed by atoms with Gasteiger partial charge in [0, 0.05) is 8.95 Å². The number of methoxy groups -OCH3 is 2. The number of benzene rings is 2. The Morgan fingerprint density at radius 2 is 1.48 bits per heavy atom. The molecule has 2 rings (SSSR count). The number of hydrogen-bond acceptors (Lipinski definition) is 4. The fourth-order valence-electron chi connectivity index (χ4n) is 1.46. The van der Waals surface area contributed by atoms with Crippen molar-refractivity contribution < 1.29 is 19.4 Å². The van der Waals surface area contributed by atoms with Crippen molar-refractivity contribution in [3.8, 4) is 17.2 Å². The van der Waals surface area contributed by atoms with Gasteiger partial charge >= 0.3 is 0 Å². The molecule has 0 atom stereocenters. The lowest BCUT2D eigenvalue weighted by Crippen LogP contribution is -1.89. The molecule has 0 aliphatic heterocycles. The highest BCUT2D eigenvalue weighted by molar-refractivity contribution is 9.10. The Hall–Kier alpha value is -1.53. The number of rotatable bonds is 3. The standard InChI is InChI=1S/C8H7BrO2.C7H7BrO2/c1-11-8-3-2-7(9)4-6(8)5-10;1-10-7-3-2-5(8)4-6(7)9/h2-5H,1H3;2-4,9H,1H3. The summed E-state index contributed by atoms with van der Waals surface area (Å²) in [7, 11) is 3.05. The largest absolute Gasteiger partial charge is 0.504 e. The molecular formula is C15H14Br2O4. The molecule has 6 heteroatoms. The fraction of sp³-hybridized carbons (Fsp3) is 0.133. The molecule has 4 nitrogen and oxygen atoms in total. The lowest BCUT2D eigenvalue weighted by atomic mass is 10.2. The van der Waals surface area contributed by atoms with Crippen molar-refractivity contribution in [3.63, 3.8) is 0 Å². The zero-order valence-corrected chi connectivity index (χ0v) is 14.6. The maximum Gasteiger partial charge on any atom is 0.160 e. The SMILES string of the molecule is COc1ccc(Br)cc1C=O.COc1ccc(Br)cc1O. The van der Waals surface area contributed by atoms with Crippen LogP contribution in [0.1, 0.15) is 10.4 Å². The van der Waals surface area contributed by atoms with Crippen LogP contribution < -0.4 is 9.47 Å². The molecule has 2 aromatic rings. The van der Waals surface area contributed by atoms with Crippen molar-refractivity contribution in [2.24, 2.45) is 0 Å². The Balaban J connectivity index is 0.000000211. The Morgan fingerprint density at radius 1 is 0.952 bits per heavy atom. The molecule has 21 heavy (non-hydrogen) atoms. The van der Waals surface area contributed by atoms with Crippen molar-refractivity contribution in [1.82, 2.24) is 0 Å². The molecule has 0 aliphatic carbocycles. The van der Waals surface area contributed by atoms with E-state index >= 15 is 0 Å². The lowest BCUT2D eigenvalue weighted by molar-refractivity contribution is 0.112. The number of aromatic hydroxyl groups is 1. The number of ether oxygens (including phenoxy) is 2. The highest BCUT2D eigenvalue weighted by Crippen LogP contribution is 2.28. The Bertz CT molecular complexity index is 615. The third-order valence-electron chi connectivity index (χ3n) is 2.46. The molecule has 2 aromatic carbocycles. The molecular weight excluding hydrogens is 404 g/mol. The van der Waals surface area contributed by atoms with Gasteiger partial charge in [-0.05, 0) is 36.4 Å². The van der Waals surface area contributed by atoms with Crippen LogP contribution in [-0.4, -0.2) is 25.6 Å². The second-order valence-corrected chi connectivity index (χ2v) is 5.65. The van der Waals surface area contributed by atoms with Gasteiger partial charge in [-0.3, -0.25) is 4.79 Å². The molecule has 0 radical (unpaired) electrons. The minimum absolute atomic E-state index is 0.150. The molecule has 0 aliphatic rings. The van der Waals surface area contributed by atoms with Gasteiger partial charge in [-0.2, -0.15) is 0 Å². The number of phenolic OH excluding ortho intramolecular Hbond substituents is 1. The fourth-order valence-corrected chi connectivity index (χ4v) is 2.19. The predicted molar refractivity (Wildman–Crippen MR) is 88.4 cm³/mol. The molecule has 0 bridgehead atoms. The average molecular weight is 418 g/mol. The van der Waals surface area contributed by atoms with Crippen molar-refractivity contribution in [2.75, 3.05) is 14.2 Å². The Labute approximate surface area is 140 Å². The predicted octanol–water partition coefficient (Wildman–Crippen LogP) is 4.43. The van der Waals surface area contributed by atoms with E-state index in [1.165, 1.54) is 14.2 Å². The summed E-state index contributed by atoms with van der Waals surface area (Å²) in [6.45, 7) is 0. The molecule has 0 saturated heterocycles. The number of halogens is 2. The van der Waals surface area contributed by atoms with E-state index in [0.29, 0.717) is 17.1 Å². The van der Waals surface area contributed by atoms with E-state index in [9.17, 15) is 4.79 Å². The van der Waals surface area contributed by atoms with Crippen LogP contribution in [0, 0.1) is 0 Å². The Morgan fingerprint density at radius 3 is 1.95 bits per heavy atom. The van der Waals surface area contributed by atoms with E-state index in [4.69, 9.17) is 14.6 Å². The highest BCUT2D eigenvalue weighted by atomic mass is 79.9. The normalized spacial score (nSPS) is 9.33. The van der Waals surface area contributed by atoms with Crippen LogP contribution in [0.2, 0.25) is 0 Å². The minimum Gasteiger partial charge on any atom is -0.504 e. The molecule has 0 saturated carbocycles. The van der Waals surface area contributed by atoms with Gasteiger partial charge in [-0.1, -0.05) is 31.9 Å². The molecule has 0 spiro atoms. The van der Waals surface area contributed by atoms with Crippen LogP contribution in [0.5, 0.6) is 17.2 Å². The first-order valence-corrected chi connectivity index (χ1v) is 7.41. The molecule has 1 N–H and O–H groups in total. The molecule has 0 fully saturated rings. The van der Waals surface area contributed by atoms with Gasteiger partial charge in [0.15, 0.2) is 17.8 Å². The molecule has 0 amide bonds. The van der Waals surface area contributed by atoms with Crippen LogP contribution in [0.25, 0.3) is 0 Å². The first-order valence-electron chi connectivity index (χ1n) is 5.83. The van der Waals surface area contributed by atoms with Crippen molar-refractivity contribution in [3.05, 3.63) is 50.9 Å². The minimum atomic E-state index is 0.150. The first-order chi connectivity index (χ1) is 10.0. The summed E-state index contributed by atoms with van der Waals surface area (Å²) in [6, 6.07) is 10.4. The van der Waals surface area contributed by atoms with Crippen molar-refractivity contribution in [1.29, 1.82) is 0 Å². The Kier molecular flexibility index (Phi) is 7.25. The number of hydrogen-bond donors (Lipinski definition) is 1. The van der Waals surface area contributed by atoms with Crippen LogP contribution >= 0.6 is 31.9 Å². The summed E-state index contributed by atoms with van der Waals surface area (Å²) in [5.74, 6) is 1.24. The topological polar surface area (TPSA) is 55.8 Å². The summed E-state index contributed by atoms with van der Waals surface area (Å²) in [6.07, 6.45) is 0.767. The number of phenols is 1. The summed E-state index contributed by atoms with van der Waals surface area (Å²) >= 11 is 6.46. The smallest absolute Gasteiger partial charge is 0.160 e. The third-order valence-corrected chi connectivity index (χ3v) is 3.45. The van der Waals surface area contributed by atoms with Gasteiger partial charge in [0.25, 0.3) is 0 Å². The van der Waals surface area contributed by atoms with Gasteiger partial charge in [-0.15, -0.1) is 0 Å². The van der Waals surface area contributed by atoms with Crippen LogP contribution in [-0.2, 0) is 0 Å². The van der Waals surface area contributed by atoms with Gasteiger partial charge in [0.2, 0.25) is 0 Å². The van der Waals surface area contributed by atoms with Crippen molar-refractivity contribution in [2.45, 2.75) is 0 Å². The van der Waals surface area contributed by atoms with E-state index < -0.39 is 0 Å². The van der Waals surface area contributed by atoms with Crippen molar-refractivity contribution >= 4 is 38.1 Å². The number of aldehydes is 1.